The van der Waals surface area contributed by atoms with Gasteiger partial charge in [-0.15, -0.1) is 0 Å². The van der Waals surface area contributed by atoms with E-state index in [1.165, 1.54) is 36.6 Å². The molecule has 8 heteroatoms. The van der Waals surface area contributed by atoms with E-state index in [1.54, 1.807) is 12.1 Å². The molecule has 0 saturated heterocycles. The van der Waals surface area contributed by atoms with Crippen molar-refractivity contribution >= 4 is 15.8 Å². The minimum absolute atomic E-state index is 0.103. The van der Waals surface area contributed by atoms with Crippen LogP contribution in [0.2, 0.25) is 0 Å². The number of aromatic nitrogens is 1. The third-order valence-corrected chi connectivity index (χ3v) is 5.09. The molecule has 140 valence electrons. The monoisotopic (exact) mass is 389 g/mol. The summed E-state index contributed by atoms with van der Waals surface area (Å²) in [5.74, 6) is -1.09. The molecule has 0 unspecified atom stereocenters. The Hall–Kier alpha value is -3.00. The lowest BCUT2D eigenvalue weighted by Crippen LogP contribution is -2.00. The van der Waals surface area contributed by atoms with Crippen LogP contribution in [0.25, 0.3) is 22.4 Å². The Bertz CT molecular complexity index is 1090. The van der Waals surface area contributed by atoms with Crippen LogP contribution in [0.15, 0.2) is 58.0 Å². The van der Waals surface area contributed by atoms with Crippen molar-refractivity contribution in [1.82, 2.24) is 4.98 Å². The van der Waals surface area contributed by atoms with Crippen LogP contribution in [0.4, 0.5) is 4.39 Å². The summed E-state index contributed by atoms with van der Waals surface area (Å²) in [5.41, 5.74) is 2.03. The van der Waals surface area contributed by atoms with Crippen molar-refractivity contribution < 1.29 is 27.1 Å². The number of aliphatic carboxylic acids is 1. The first-order valence-corrected chi connectivity index (χ1v) is 9.90. The first kappa shape index (κ1) is 18.8. The van der Waals surface area contributed by atoms with E-state index in [-0.39, 0.29) is 23.6 Å². The number of carboxylic acid groups (broad SMARTS) is 1. The minimum atomic E-state index is -3.51. The average Bonchev–Trinajstić information content (AvgIpc) is 3.08. The Kier molecular flexibility index (Phi) is 5.09. The Balaban J connectivity index is 2.05. The molecule has 3 rings (SSSR count). The number of nitrogens with zero attached hydrogens (tertiary/aromatic N) is 1. The number of carbonyl (C=O) groups is 1. The maximum atomic E-state index is 13.2. The van der Waals surface area contributed by atoms with Gasteiger partial charge >= 0.3 is 5.97 Å². The summed E-state index contributed by atoms with van der Waals surface area (Å²) in [4.78, 5) is 15.0. The van der Waals surface area contributed by atoms with Gasteiger partial charge in [0.05, 0.1) is 11.3 Å². The molecule has 1 heterocycles. The van der Waals surface area contributed by atoms with Gasteiger partial charge in [0.25, 0.3) is 0 Å². The molecule has 1 N–H and O–H groups in total. The van der Waals surface area contributed by atoms with E-state index in [4.69, 9.17) is 9.52 Å². The molecule has 0 amide bonds. The largest absolute Gasteiger partial charge is 0.481 e. The number of hydrogen-bond acceptors (Lipinski definition) is 5. The second-order valence-corrected chi connectivity index (χ2v) is 7.99. The predicted molar refractivity (Wildman–Crippen MR) is 96.4 cm³/mol. The van der Waals surface area contributed by atoms with Gasteiger partial charge in [-0.1, -0.05) is 18.2 Å². The zero-order valence-electron chi connectivity index (χ0n) is 14.3. The molecule has 0 radical (unpaired) electrons. The molecule has 0 aliphatic carbocycles. The van der Waals surface area contributed by atoms with Crippen molar-refractivity contribution in [2.24, 2.45) is 0 Å². The van der Waals surface area contributed by atoms with E-state index in [0.717, 1.165) is 6.26 Å². The number of halogens is 1. The number of carboxylic acids is 1. The fourth-order valence-corrected chi connectivity index (χ4v) is 3.53. The second kappa shape index (κ2) is 7.32. The van der Waals surface area contributed by atoms with Crippen molar-refractivity contribution in [1.29, 1.82) is 0 Å². The van der Waals surface area contributed by atoms with Crippen molar-refractivity contribution in [2.75, 3.05) is 6.26 Å². The van der Waals surface area contributed by atoms with Gasteiger partial charge in [-0.3, -0.25) is 4.79 Å². The summed E-state index contributed by atoms with van der Waals surface area (Å²) >= 11 is 0. The van der Waals surface area contributed by atoms with Crippen LogP contribution in [0, 0.1) is 5.82 Å². The van der Waals surface area contributed by atoms with Gasteiger partial charge in [-0.2, -0.15) is 0 Å². The number of oxazole rings is 1. The van der Waals surface area contributed by atoms with Crippen LogP contribution in [-0.2, 0) is 21.1 Å². The minimum Gasteiger partial charge on any atom is -0.481 e. The molecule has 0 atom stereocenters. The van der Waals surface area contributed by atoms with Gasteiger partial charge in [0.1, 0.15) is 17.8 Å². The van der Waals surface area contributed by atoms with Crippen molar-refractivity contribution in [3.8, 4) is 22.4 Å². The highest BCUT2D eigenvalue weighted by atomic mass is 32.2. The zero-order valence-corrected chi connectivity index (χ0v) is 15.2. The fourth-order valence-electron chi connectivity index (χ4n) is 2.64. The molecular weight excluding hydrogens is 373 g/mol. The van der Waals surface area contributed by atoms with Crippen LogP contribution in [-0.4, -0.2) is 30.7 Å². The smallest absolute Gasteiger partial charge is 0.303 e. The van der Waals surface area contributed by atoms with Gasteiger partial charge in [0.2, 0.25) is 0 Å². The third-order valence-electron chi connectivity index (χ3n) is 3.93. The lowest BCUT2D eigenvalue weighted by atomic mass is 10.0. The molecule has 6 nitrogen and oxygen atoms in total. The predicted octanol–water partition coefficient (Wildman–Crippen LogP) is 3.57. The summed E-state index contributed by atoms with van der Waals surface area (Å²) < 4.78 is 42.8. The summed E-state index contributed by atoms with van der Waals surface area (Å²) in [6, 6.07) is 10.2. The molecule has 27 heavy (non-hydrogen) atoms. The van der Waals surface area contributed by atoms with E-state index in [2.05, 4.69) is 4.98 Å². The van der Waals surface area contributed by atoms with Crippen molar-refractivity contribution in [2.45, 2.75) is 17.7 Å². The van der Waals surface area contributed by atoms with Crippen LogP contribution in [0.5, 0.6) is 0 Å². The number of benzene rings is 2. The highest BCUT2D eigenvalue weighted by Crippen LogP contribution is 2.32. The molecule has 1 aromatic heterocycles. The first-order chi connectivity index (χ1) is 12.7. The number of aryl methyl sites for hydroxylation is 1. The normalized spacial score (nSPS) is 11.5. The molecular formula is C19H16FNO5S. The lowest BCUT2D eigenvalue weighted by Gasteiger charge is -2.10. The number of rotatable bonds is 6. The van der Waals surface area contributed by atoms with Gasteiger partial charge in [-0.05, 0) is 29.8 Å². The Morgan fingerprint density at radius 3 is 2.44 bits per heavy atom. The van der Waals surface area contributed by atoms with Crippen LogP contribution in [0.3, 0.4) is 0 Å². The number of sulfone groups is 1. The fraction of sp³-hybridized carbons (Fsp3) is 0.158. The first-order valence-electron chi connectivity index (χ1n) is 8.00. The van der Waals surface area contributed by atoms with E-state index >= 15 is 0 Å². The summed E-state index contributed by atoms with van der Waals surface area (Å²) in [6.45, 7) is 0. The maximum absolute atomic E-state index is 13.2. The summed E-state index contributed by atoms with van der Waals surface area (Å²) in [5, 5.41) is 8.73. The molecule has 0 bridgehead atoms. The SMILES string of the molecule is CS(=O)(=O)c1ccc(-c2coc(CCC(=O)O)n2)cc1-c1ccc(F)cc1. The van der Waals surface area contributed by atoms with Gasteiger partial charge in [0.15, 0.2) is 15.7 Å². The third kappa shape index (κ3) is 4.40. The topological polar surface area (TPSA) is 97.5 Å². The molecule has 3 aromatic rings. The van der Waals surface area contributed by atoms with E-state index in [9.17, 15) is 17.6 Å². The molecule has 0 spiro atoms. The Morgan fingerprint density at radius 2 is 1.81 bits per heavy atom. The van der Waals surface area contributed by atoms with Crippen molar-refractivity contribution in [3.05, 3.63) is 60.4 Å². The van der Waals surface area contributed by atoms with E-state index in [1.807, 2.05) is 0 Å². The Morgan fingerprint density at radius 1 is 1.15 bits per heavy atom. The van der Waals surface area contributed by atoms with Gasteiger partial charge in [-0.25, -0.2) is 17.8 Å². The average molecular weight is 389 g/mol. The lowest BCUT2D eigenvalue weighted by molar-refractivity contribution is -0.137. The van der Waals surface area contributed by atoms with E-state index in [0.29, 0.717) is 22.4 Å². The zero-order chi connectivity index (χ0) is 19.6. The molecule has 0 saturated carbocycles. The van der Waals surface area contributed by atoms with E-state index < -0.39 is 21.6 Å². The van der Waals surface area contributed by atoms with Gasteiger partial charge < -0.3 is 9.52 Å². The molecule has 0 fully saturated rings. The quantitative estimate of drug-likeness (QED) is 0.692. The highest BCUT2D eigenvalue weighted by molar-refractivity contribution is 7.90. The van der Waals surface area contributed by atoms with Crippen LogP contribution < -0.4 is 0 Å². The summed E-state index contributed by atoms with van der Waals surface area (Å²) in [7, 11) is -3.51. The van der Waals surface area contributed by atoms with Crippen LogP contribution >= 0.6 is 0 Å². The number of hydrogen-bond donors (Lipinski definition) is 1. The van der Waals surface area contributed by atoms with Crippen molar-refractivity contribution in [3.63, 3.8) is 0 Å². The highest BCUT2D eigenvalue weighted by Gasteiger charge is 2.17. The second-order valence-electron chi connectivity index (χ2n) is 6.01. The summed E-state index contributed by atoms with van der Waals surface area (Å²) in [6.07, 6.45) is 2.55. The van der Waals surface area contributed by atoms with Crippen LogP contribution in [0.1, 0.15) is 12.3 Å². The maximum Gasteiger partial charge on any atom is 0.303 e. The molecule has 0 aliphatic rings. The molecule has 0 aliphatic heterocycles. The Labute approximate surface area is 155 Å². The van der Waals surface area contributed by atoms with Gasteiger partial charge in [0, 0.05) is 23.8 Å². The standard InChI is InChI=1S/C19H16FNO5S/c1-27(24,25)17-7-4-13(10-15(17)12-2-5-14(20)6-3-12)16-11-26-18(21-16)8-9-19(22)23/h2-7,10-11H,8-9H2,1H3,(H,22,23). The molecule has 2 aromatic carbocycles.